The fourth-order valence-corrected chi connectivity index (χ4v) is 5.23. The maximum atomic E-state index is 13.9. The summed E-state index contributed by atoms with van der Waals surface area (Å²) in [6.07, 6.45) is 3.26. The summed E-state index contributed by atoms with van der Waals surface area (Å²) in [5, 5.41) is 2.77. The lowest BCUT2D eigenvalue weighted by Gasteiger charge is -2.30. The van der Waals surface area contributed by atoms with Crippen molar-refractivity contribution in [2.75, 3.05) is 36.4 Å². The molecular formula is C22H28FN3O3S. The van der Waals surface area contributed by atoms with Gasteiger partial charge in [-0.3, -0.25) is 4.79 Å². The molecule has 0 saturated carbocycles. The average molecular weight is 434 g/mol. The standard InChI is InChI=1S/C22H28FN3O3S/c1-3-26(4-2)30(28,29)19-10-8-9-17(15-19)22(27)24-20-16-18(23)11-12-21(20)25-13-6-5-7-14-25/h8-12,15-16H,3-7,13-14H2,1-2H3,(H,24,27). The topological polar surface area (TPSA) is 69.7 Å². The van der Waals surface area contributed by atoms with Gasteiger partial charge in [0.15, 0.2) is 0 Å². The Morgan fingerprint density at radius 1 is 1.07 bits per heavy atom. The van der Waals surface area contributed by atoms with Crippen LogP contribution in [0.3, 0.4) is 0 Å². The van der Waals surface area contributed by atoms with Crippen molar-refractivity contribution in [2.45, 2.75) is 38.0 Å². The lowest BCUT2D eigenvalue weighted by Crippen LogP contribution is -2.31. The number of hydrogen-bond donors (Lipinski definition) is 1. The number of carbonyl (C=O) groups excluding carboxylic acids is 1. The first kappa shape index (κ1) is 22.2. The number of piperidine rings is 1. The maximum Gasteiger partial charge on any atom is 0.255 e. The van der Waals surface area contributed by atoms with Gasteiger partial charge in [0.1, 0.15) is 5.82 Å². The van der Waals surface area contributed by atoms with E-state index >= 15 is 0 Å². The van der Waals surface area contributed by atoms with E-state index in [1.807, 2.05) is 0 Å². The van der Waals surface area contributed by atoms with Crippen LogP contribution in [0.1, 0.15) is 43.5 Å². The monoisotopic (exact) mass is 433 g/mol. The van der Waals surface area contributed by atoms with E-state index in [0.29, 0.717) is 18.8 Å². The molecule has 6 nitrogen and oxygen atoms in total. The summed E-state index contributed by atoms with van der Waals surface area (Å²) in [6.45, 7) is 5.93. The third-order valence-corrected chi connectivity index (χ3v) is 7.39. The number of halogens is 1. The predicted molar refractivity (Wildman–Crippen MR) is 117 cm³/mol. The number of anilines is 2. The quantitative estimate of drug-likeness (QED) is 0.714. The van der Waals surface area contributed by atoms with Gasteiger partial charge < -0.3 is 10.2 Å². The highest BCUT2D eigenvalue weighted by Gasteiger charge is 2.23. The van der Waals surface area contributed by atoms with Crippen molar-refractivity contribution < 1.29 is 17.6 Å². The largest absolute Gasteiger partial charge is 0.370 e. The Morgan fingerprint density at radius 2 is 1.77 bits per heavy atom. The SMILES string of the molecule is CCN(CC)S(=O)(=O)c1cccc(C(=O)Nc2cc(F)ccc2N2CCCCC2)c1. The van der Waals surface area contributed by atoms with Crippen LogP contribution >= 0.6 is 0 Å². The highest BCUT2D eigenvalue weighted by atomic mass is 32.2. The van der Waals surface area contributed by atoms with E-state index in [2.05, 4.69) is 10.2 Å². The molecule has 2 aromatic rings. The van der Waals surface area contributed by atoms with E-state index in [-0.39, 0.29) is 10.5 Å². The van der Waals surface area contributed by atoms with Crippen molar-refractivity contribution in [1.29, 1.82) is 0 Å². The van der Waals surface area contributed by atoms with Gasteiger partial charge in [-0.2, -0.15) is 4.31 Å². The summed E-state index contributed by atoms with van der Waals surface area (Å²) < 4.78 is 40.8. The number of carbonyl (C=O) groups is 1. The number of amides is 1. The van der Waals surface area contributed by atoms with Gasteiger partial charge in [-0.05, 0) is 55.7 Å². The molecule has 0 aliphatic carbocycles. The predicted octanol–water partition coefficient (Wildman–Crippen LogP) is 4.10. The van der Waals surface area contributed by atoms with Crippen LogP contribution in [0.25, 0.3) is 0 Å². The van der Waals surface area contributed by atoms with Crippen LogP contribution in [0.4, 0.5) is 15.8 Å². The summed E-state index contributed by atoms with van der Waals surface area (Å²) in [6, 6.07) is 10.3. The molecule has 8 heteroatoms. The molecule has 0 bridgehead atoms. The second-order valence-corrected chi connectivity index (χ2v) is 9.22. The highest BCUT2D eigenvalue weighted by Crippen LogP contribution is 2.30. The molecule has 0 atom stereocenters. The average Bonchev–Trinajstić information content (AvgIpc) is 2.75. The second-order valence-electron chi connectivity index (χ2n) is 7.28. The van der Waals surface area contributed by atoms with Crippen LogP contribution in [0.2, 0.25) is 0 Å². The number of benzene rings is 2. The Hall–Kier alpha value is -2.45. The first-order chi connectivity index (χ1) is 14.4. The van der Waals surface area contributed by atoms with E-state index in [0.717, 1.165) is 38.0 Å². The van der Waals surface area contributed by atoms with E-state index < -0.39 is 21.7 Å². The molecule has 0 aromatic heterocycles. The zero-order valence-electron chi connectivity index (χ0n) is 17.4. The van der Waals surface area contributed by atoms with Gasteiger partial charge in [0.25, 0.3) is 5.91 Å². The Morgan fingerprint density at radius 3 is 2.43 bits per heavy atom. The Balaban J connectivity index is 1.88. The molecule has 1 saturated heterocycles. The van der Waals surface area contributed by atoms with Crippen molar-refractivity contribution in [3.8, 4) is 0 Å². The molecule has 1 aliphatic rings. The summed E-state index contributed by atoms with van der Waals surface area (Å²) in [7, 11) is -3.68. The third kappa shape index (κ3) is 4.82. The zero-order valence-corrected chi connectivity index (χ0v) is 18.2. The normalized spacial score (nSPS) is 14.7. The smallest absolute Gasteiger partial charge is 0.255 e. The Bertz CT molecular complexity index is 1000. The number of nitrogens with one attached hydrogen (secondary N) is 1. The summed E-state index contributed by atoms with van der Waals surface area (Å²) in [5.41, 5.74) is 1.37. The molecule has 3 rings (SSSR count). The number of hydrogen-bond acceptors (Lipinski definition) is 4. The van der Waals surface area contributed by atoms with Crippen molar-refractivity contribution in [3.05, 3.63) is 53.8 Å². The number of rotatable bonds is 7. The van der Waals surface area contributed by atoms with Crippen LogP contribution in [0.5, 0.6) is 0 Å². The van der Waals surface area contributed by atoms with Crippen molar-refractivity contribution in [1.82, 2.24) is 4.31 Å². The summed E-state index contributed by atoms with van der Waals surface area (Å²) in [5.74, 6) is -0.917. The molecule has 0 unspecified atom stereocenters. The minimum atomic E-state index is -3.68. The molecule has 30 heavy (non-hydrogen) atoms. The van der Waals surface area contributed by atoms with Crippen LogP contribution in [0.15, 0.2) is 47.4 Å². The van der Waals surface area contributed by atoms with Crippen molar-refractivity contribution in [2.24, 2.45) is 0 Å². The van der Waals surface area contributed by atoms with Gasteiger partial charge in [0.2, 0.25) is 10.0 Å². The molecule has 162 valence electrons. The van der Waals surface area contributed by atoms with Crippen LogP contribution in [-0.2, 0) is 10.0 Å². The molecule has 1 N–H and O–H groups in total. The molecule has 1 amide bonds. The molecule has 0 spiro atoms. The van der Waals surface area contributed by atoms with Gasteiger partial charge in [-0.25, -0.2) is 12.8 Å². The molecule has 2 aromatic carbocycles. The first-order valence-electron chi connectivity index (χ1n) is 10.3. The maximum absolute atomic E-state index is 13.9. The van der Waals surface area contributed by atoms with Crippen LogP contribution in [-0.4, -0.2) is 44.8 Å². The van der Waals surface area contributed by atoms with Gasteiger partial charge in [0.05, 0.1) is 16.3 Å². The fraction of sp³-hybridized carbons (Fsp3) is 0.409. The van der Waals surface area contributed by atoms with Crippen molar-refractivity contribution >= 4 is 27.3 Å². The van der Waals surface area contributed by atoms with E-state index in [1.54, 1.807) is 32.0 Å². The van der Waals surface area contributed by atoms with Gasteiger partial charge >= 0.3 is 0 Å². The first-order valence-corrected chi connectivity index (χ1v) is 11.8. The minimum absolute atomic E-state index is 0.0642. The highest BCUT2D eigenvalue weighted by molar-refractivity contribution is 7.89. The van der Waals surface area contributed by atoms with E-state index in [4.69, 9.17) is 0 Å². The van der Waals surface area contributed by atoms with Crippen LogP contribution in [0, 0.1) is 5.82 Å². The molecule has 1 fully saturated rings. The Labute approximate surface area is 177 Å². The molecule has 1 aliphatic heterocycles. The second kappa shape index (κ2) is 9.57. The zero-order chi connectivity index (χ0) is 21.7. The van der Waals surface area contributed by atoms with Gasteiger partial charge in [-0.1, -0.05) is 19.9 Å². The van der Waals surface area contributed by atoms with E-state index in [9.17, 15) is 17.6 Å². The summed E-state index contributed by atoms with van der Waals surface area (Å²) in [4.78, 5) is 15.1. The molecular weight excluding hydrogens is 405 g/mol. The lowest BCUT2D eigenvalue weighted by molar-refractivity contribution is 0.102. The molecule has 0 radical (unpaired) electrons. The van der Waals surface area contributed by atoms with Crippen LogP contribution < -0.4 is 10.2 Å². The third-order valence-electron chi connectivity index (χ3n) is 5.34. The fourth-order valence-electron chi connectivity index (χ4n) is 3.72. The Kier molecular flexibility index (Phi) is 7.10. The van der Waals surface area contributed by atoms with Gasteiger partial charge in [0, 0.05) is 31.7 Å². The minimum Gasteiger partial charge on any atom is -0.370 e. The van der Waals surface area contributed by atoms with Crippen molar-refractivity contribution in [3.63, 3.8) is 0 Å². The number of sulfonamides is 1. The summed E-state index contributed by atoms with van der Waals surface area (Å²) >= 11 is 0. The van der Waals surface area contributed by atoms with Gasteiger partial charge in [-0.15, -0.1) is 0 Å². The lowest BCUT2D eigenvalue weighted by atomic mass is 10.1. The molecule has 1 heterocycles. The van der Waals surface area contributed by atoms with E-state index in [1.165, 1.54) is 28.6 Å². The number of nitrogens with zero attached hydrogens (tertiary/aromatic N) is 2.